The lowest BCUT2D eigenvalue weighted by Crippen LogP contribution is -2.44. The van der Waals surface area contributed by atoms with E-state index in [4.69, 9.17) is 9.97 Å². The number of nitriles is 1. The van der Waals surface area contributed by atoms with Gasteiger partial charge in [0.05, 0.1) is 10.2 Å². The number of hydrogen-bond acceptors (Lipinski definition) is 9. The number of nitrogens with zero attached hydrogens (tertiary/aromatic N) is 7. The van der Waals surface area contributed by atoms with E-state index in [1.54, 1.807) is 28.2 Å². The summed E-state index contributed by atoms with van der Waals surface area (Å²) in [5.74, 6) is 0.395. The summed E-state index contributed by atoms with van der Waals surface area (Å²) in [5.41, 5.74) is 2.57. The Morgan fingerprint density at radius 2 is 1.91 bits per heavy atom. The second-order valence-electron chi connectivity index (χ2n) is 9.34. The molecule has 2 fully saturated rings. The molecule has 0 radical (unpaired) electrons. The van der Waals surface area contributed by atoms with Gasteiger partial charge >= 0.3 is 0 Å². The monoisotopic (exact) mass is 486 g/mol. The number of nitrogens with one attached hydrogen (secondary N) is 1. The van der Waals surface area contributed by atoms with Crippen LogP contribution in [0.4, 0.5) is 16.8 Å². The van der Waals surface area contributed by atoms with Gasteiger partial charge in [0, 0.05) is 49.5 Å². The maximum Gasteiger partial charge on any atom is 0.270 e. The Labute approximate surface area is 206 Å². The van der Waals surface area contributed by atoms with Crippen LogP contribution in [0.5, 0.6) is 0 Å². The average molecular weight is 487 g/mol. The lowest BCUT2D eigenvalue weighted by atomic mass is 10.2. The molecule has 0 bridgehead atoms. The van der Waals surface area contributed by atoms with E-state index in [0.717, 1.165) is 62.1 Å². The summed E-state index contributed by atoms with van der Waals surface area (Å²) >= 11 is 1.55. The second-order valence-corrected chi connectivity index (χ2v) is 10.4. The van der Waals surface area contributed by atoms with Crippen molar-refractivity contribution >= 4 is 49.4 Å². The van der Waals surface area contributed by atoms with Gasteiger partial charge in [-0.3, -0.25) is 14.7 Å². The predicted molar refractivity (Wildman–Crippen MR) is 139 cm³/mol. The molecule has 178 valence electrons. The van der Waals surface area contributed by atoms with Gasteiger partial charge in [0.15, 0.2) is 5.13 Å². The summed E-state index contributed by atoms with van der Waals surface area (Å²) in [5, 5.41) is 14.1. The number of pyridine rings is 1. The second kappa shape index (κ2) is 8.91. The standard InChI is InChI=1S/C25H26N8OS/c1-31-8-10-32(11-9-31)19-6-7-21-20(13-19)28-25(35-21)30-24-27-15-17-12-16(14-26)23(34)33(22(17)29-24)18-4-2-3-5-18/h6-7,12-13,15,18H,2-5,8-11H2,1H3,(H,27,28,29,30). The van der Waals surface area contributed by atoms with Crippen LogP contribution in [-0.4, -0.2) is 57.6 Å². The molecule has 2 aliphatic rings. The Hall–Kier alpha value is -3.55. The van der Waals surface area contributed by atoms with E-state index in [9.17, 15) is 10.1 Å². The third-order valence-corrected chi connectivity index (χ3v) is 7.99. The van der Waals surface area contributed by atoms with Crippen LogP contribution < -0.4 is 15.8 Å². The van der Waals surface area contributed by atoms with Gasteiger partial charge in [0.1, 0.15) is 17.3 Å². The van der Waals surface area contributed by atoms with E-state index in [-0.39, 0.29) is 17.2 Å². The zero-order valence-electron chi connectivity index (χ0n) is 19.6. The van der Waals surface area contributed by atoms with Crippen LogP contribution in [0.3, 0.4) is 0 Å². The van der Waals surface area contributed by atoms with E-state index >= 15 is 0 Å². The molecule has 35 heavy (non-hydrogen) atoms. The Balaban J connectivity index is 1.32. The van der Waals surface area contributed by atoms with E-state index in [2.05, 4.69) is 45.3 Å². The minimum atomic E-state index is -0.270. The van der Waals surface area contributed by atoms with Crippen LogP contribution in [0.25, 0.3) is 21.3 Å². The SMILES string of the molecule is CN1CCN(c2ccc3sc(Nc4ncc5cc(C#N)c(=O)n(C6CCCC6)c5n4)nc3c2)CC1. The zero-order valence-corrected chi connectivity index (χ0v) is 20.4. The van der Waals surface area contributed by atoms with Crippen molar-refractivity contribution in [1.29, 1.82) is 5.26 Å². The fraction of sp³-hybridized carbons (Fsp3) is 0.400. The minimum Gasteiger partial charge on any atom is -0.369 e. The molecule has 1 saturated heterocycles. The molecule has 1 N–H and O–H groups in total. The number of rotatable bonds is 4. The number of fused-ring (bicyclic) bond motifs is 2. The van der Waals surface area contributed by atoms with Gasteiger partial charge in [0.2, 0.25) is 5.95 Å². The van der Waals surface area contributed by atoms with Crippen molar-refractivity contribution in [3.8, 4) is 6.07 Å². The molecule has 0 spiro atoms. The Bertz CT molecular complexity index is 1510. The Morgan fingerprint density at radius 1 is 1.11 bits per heavy atom. The number of aromatic nitrogens is 4. The van der Waals surface area contributed by atoms with Crippen LogP contribution in [0.15, 0.2) is 35.3 Å². The van der Waals surface area contributed by atoms with Gasteiger partial charge in [-0.05, 0) is 44.2 Å². The van der Waals surface area contributed by atoms with E-state index in [0.29, 0.717) is 22.1 Å². The minimum absolute atomic E-state index is 0.0662. The number of piperazine rings is 1. The lowest BCUT2D eigenvalue weighted by molar-refractivity contribution is 0.313. The first-order valence-corrected chi connectivity index (χ1v) is 12.8. The molecule has 6 rings (SSSR count). The summed E-state index contributed by atoms with van der Waals surface area (Å²) in [6.45, 7) is 4.14. The quantitative estimate of drug-likeness (QED) is 0.464. The number of hydrogen-bond donors (Lipinski definition) is 1. The highest BCUT2D eigenvalue weighted by Gasteiger charge is 2.23. The fourth-order valence-corrected chi connectivity index (χ4v) is 5.93. The van der Waals surface area contributed by atoms with E-state index < -0.39 is 0 Å². The topological polar surface area (TPSA) is 103 Å². The Morgan fingerprint density at radius 3 is 2.69 bits per heavy atom. The highest BCUT2D eigenvalue weighted by atomic mass is 32.1. The maximum atomic E-state index is 13.0. The van der Waals surface area contributed by atoms with Crippen molar-refractivity contribution < 1.29 is 0 Å². The number of likely N-dealkylation sites (N-methyl/N-ethyl adjacent to an activating group) is 1. The van der Waals surface area contributed by atoms with Crippen LogP contribution in [0.2, 0.25) is 0 Å². The first-order valence-electron chi connectivity index (χ1n) is 12.0. The highest BCUT2D eigenvalue weighted by Crippen LogP contribution is 2.33. The van der Waals surface area contributed by atoms with Gasteiger partial charge in [-0.1, -0.05) is 24.2 Å². The van der Waals surface area contributed by atoms with E-state index in [1.807, 2.05) is 6.07 Å². The lowest BCUT2D eigenvalue weighted by Gasteiger charge is -2.34. The van der Waals surface area contributed by atoms with Crippen LogP contribution in [-0.2, 0) is 0 Å². The summed E-state index contributed by atoms with van der Waals surface area (Å²) in [6.07, 6.45) is 5.67. The van der Waals surface area contributed by atoms with Gasteiger partial charge < -0.3 is 9.80 Å². The normalized spacial score (nSPS) is 17.3. The molecule has 1 aliphatic carbocycles. The van der Waals surface area contributed by atoms with Crippen LogP contribution >= 0.6 is 11.3 Å². The molecule has 1 aromatic carbocycles. The molecule has 4 aromatic rings. The van der Waals surface area contributed by atoms with Gasteiger partial charge in [-0.25, -0.2) is 9.97 Å². The third kappa shape index (κ3) is 4.11. The van der Waals surface area contributed by atoms with Crippen molar-refractivity contribution in [1.82, 2.24) is 24.4 Å². The van der Waals surface area contributed by atoms with Gasteiger partial charge in [-0.15, -0.1) is 0 Å². The molecular formula is C25H26N8OS. The molecule has 0 amide bonds. The number of benzene rings is 1. The molecule has 0 atom stereocenters. The molecule has 0 unspecified atom stereocenters. The summed E-state index contributed by atoms with van der Waals surface area (Å²) in [6, 6.07) is 10.1. The first kappa shape index (κ1) is 21.9. The molecule has 3 aromatic heterocycles. The van der Waals surface area contributed by atoms with Crippen molar-refractivity contribution in [2.45, 2.75) is 31.7 Å². The molecule has 4 heterocycles. The zero-order chi connectivity index (χ0) is 23.9. The fourth-order valence-electron chi connectivity index (χ4n) is 5.09. The van der Waals surface area contributed by atoms with Crippen LogP contribution in [0, 0.1) is 11.3 Å². The predicted octanol–water partition coefficient (Wildman–Crippen LogP) is 3.88. The third-order valence-electron chi connectivity index (χ3n) is 7.04. The smallest absolute Gasteiger partial charge is 0.270 e. The Kier molecular flexibility index (Phi) is 5.59. The molecule has 1 aliphatic heterocycles. The molecule has 10 heteroatoms. The highest BCUT2D eigenvalue weighted by molar-refractivity contribution is 7.22. The first-order chi connectivity index (χ1) is 17.1. The van der Waals surface area contributed by atoms with Crippen molar-refractivity contribution in [3.05, 3.63) is 46.4 Å². The number of anilines is 3. The van der Waals surface area contributed by atoms with Crippen molar-refractivity contribution in [3.63, 3.8) is 0 Å². The van der Waals surface area contributed by atoms with Gasteiger partial charge in [0.25, 0.3) is 5.56 Å². The van der Waals surface area contributed by atoms with Crippen molar-refractivity contribution in [2.75, 3.05) is 43.4 Å². The van der Waals surface area contributed by atoms with Crippen LogP contribution in [0.1, 0.15) is 37.3 Å². The van der Waals surface area contributed by atoms with E-state index in [1.165, 1.54) is 5.69 Å². The number of thiazole rings is 1. The average Bonchev–Trinajstić information content (AvgIpc) is 3.53. The molecule has 9 nitrogen and oxygen atoms in total. The largest absolute Gasteiger partial charge is 0.369 e. The maximum absolute atomic E-state index is 13.0. The molecule has 1 saturated carbocycles. The summed E-state index contributed by atoms with van der Waals surface area (Å²) in [4.78, 5) is 31.7. The van der Waals surface area contributed by atoms with Gasteiger partial charge in [-0.2, -0.15) is 10.2 Å². The molecular weight excluding hydrogens is 460 g/mol. The summed E-state index contributed by atoms with van der Waals surface area (Å²) < 4.78 is 2.79. The summed E-state index contributed by atoms with van der Waals surface area (Å²) in [7, 11) is 2.16. The van der Waals surface area contributed by atoms with Crippen molar-refractivity contribution in [2.24, 2.45) is 0 Å².